The highest BCUT2D eigenvalue weighted by Gasteiger charge is 2.17. The molecule has 0 amide bonds. The van der Waals surface area contributed by atoms with E-state index in [1.165, 1.54) is 54.8 Å². The summed E-state index contributed by atoms with van der Waals surface area (Å²) < 4.78 is 2.42. The van der Waals surface area contributed by atoms with Crippen LogP contribution in [0.15, 0.2) is 200 Å². The molecule has 0 unspecified atom stereocenters. The third-order valence-electron chi connectivity index (χ3n) is 10.2. The van der Waals surface area contributed by atoms with Crippen molar-refractivity contribution in [2.75, 3.05) is 4.90 Å². The molecule has 2 aromatic heterocycles. The summed E-state index contributed by atoms with van der Waals surface area (Å²) in [5.74, 6) is 0. The smallest absolute Gasteiger partial charge is 0.0547 e. The van der Waals surface area contributed by atoms with Gasteiger partial charge in [0.05, 0.1) is 11.0 Å². The number of hydrogen-bond donors (Lipinski definition) is 0. The van der Waals surface area contributed by atoms with Gasteiger partial charge in [-0.1, -0.05) is 121 Å². The Labute approximate surface area is 302 Å². The van der Waals surface area contributed by atoms with Gasteiger partial charge in [-0.2, -0.15) is 0 Å². The lowest BCUT2D eigenvalue weighted by Gasteiger charge is -2.26. The van der Waals surface area contributed by atoms with Crippen LogP contribution in [0.25, 0.3) is 71.6 Å². The Balaban J connectivity index is 1.03. The lowest BCUT2D eigenvalue weighted by molar-refractivity contribution is 1.18. The molecule has 244 valence electrons. The Kier molecular flexibility index (Phi) is 7.14. The van der Waals surface area contributed by atoms with Crippen molar-refractivity contribution in [2.24, 2.45) is 0 Å². The van der Waals surface area contributed by atoms with Gasteiger partial charge in [0.15, 0.2) is 0 Å². The van der Waals surface area contributed by atoms with Gasteiger partial charge in [-0.05, 0) is 111 Å². The fraction of sp³-hybridized carbons (Fsp3) is 0. The van der Waals surface area contributed by atoms with E-state index in [0.717, 1.165) is 33.9 Å². The standard InChI is InChI=1S/C49H33N3/c1-2-8-34(9-3-1)35-19-25-42(26-20-35)51(44-29-23-37(24-30-44)41-13-7-31-50-33-41)43-27-21-36(22-28-43)40-12-4-14-45(32-40)52-46-15-5-10-38-17-18-39-11-6-16-47(52)49(39)48(38)46/h1-33H. The maximum atomic E-state index is 4.32. The second kappa shape index (κ2) is 12.4. The summed E-state index contributed by atoms with van der Waals surface area (Å²) in [6.45, 7) is 0. The molecule has 0 aliphatic rings. The van der Waals surface area contributed by atoms with Crippen LogP contribution < -0.4 is 4.90 Å². The predicted octanol–water partition coefficient (Wildman–Crippen LogP) is 13.2. The molecule has 0 fully saturated rings. The van der Waals surface area contributed by atoms with E-state index in [1.54, 1.807) is 0 Å². The zero-order valence-corrected chi connectivity index (χ0v) is 28.4. The van der Waals surface area contributed by atoms with Gasteiger partial charge in [0, 0.05) is 45.9 Å². The molecular formula is C49H33N3. The summed E-state index contributed by atoms with van der Waals surface area (Å²) in [6.07, 6.45) is 3.72. The number of pyridine rings is 1. The van der Waals surface area contributed by atoms with Crippen molar-refractivity contribution in [2.45, 2.75) is 0 Å². The molecule has 0 radical (unpaired) electrons. The summed E-state index contributed by atoms with van der Waals surface area (Å²) in [5, 5.41) is 5.21. The minimum atomic E-state index is 1.09. The monoisotopic (exact) mass is 663 g/mol. The van der Waals surface area contributed by atoms with Gasteiger partial charge in [0.2, 0.25) is 0 Å². The van der Waals surface area contributed by atoms with E-state index in [4.69, 9.17) is 0 Å². The van der Waals surface area contributed by atoms with Crippen molar-refractivity contribution < 1.29 is 0 Å². The first-order chi connectivity index (χ1) is 25.8. The Hall–Kier alpha value is -6.97. The summed E-state index contributed by atoms with van der Waals surface area (Å²) in [6, 6.07) is 67.8. The van der Waals surface area contributed by atoms with Crippen LogP contribution in [0.3, 0.4) is 0 Å². The molecule has 0 spiro atoms. The first-order valence-electron chi connectivity index (χ1n) is 17.7. The fourth-order valence-corrected chi connectivity index (χ4v) is 7.74. The average molecular weight is 664 g/mol. The second-order valence-corrected chi connectivity index (χ2v) is 13.3. The lowest BCUT2D eigenvalue weighted by Crippen LogP contribution is -2.09. The minimum Gasteiger partial charge on any atom is -0.311 e. The highest BCUT2D eigenvalue weighted by Crippen LogP contribution is 2.40. The van der Waals surface area contributed by atoms with Crippen molar-refractivity contribution in [3.8, 4) is 39.1 Å². The fourth-order valence-electron chi connectivity index (χ4n) is 7.74. The van der Waals surface area contributed by atoms with Crippen LogP contribution in [0, 0.1) is 0 Å². The second-order valence-electron chi connectivity index (χ2n) is 13.3. The van der Waals surface area contributed by atoms with E-state index in [1.807, 2.05) is 18.5 Å². The molecule has 0 atom stereocenters. The number of nitrogens with zero attached hydrogens (tertiary/aromatic N) is 3. The summed E-state index contributed by atoms with van der Waals surface area (Å²) in [7, 11) is 0. The number of aromatic nitrogens is 2. The van der Waals surface area contributed by atoms with E-state index < -0.39 is 0 Å². The third kappa shape index (κ3) is 5.10. The molecule has 10 aromatic rings. The molecule has 3 nitrogen and oxygen atoms in total. The maximum Gasteiger partial charge on any atom is 0.0547 e. The van der Waals surface area contributed by atoms with Gasteiger partial charge >= 0.3 is 0 Å². The van der Waals surface area contributed by atoms with Crippen LogP contribution in [0.4, 0.5) is 17.1 Å². The molecule has 3 heteroatoms. The van der Waals surface area contributed by atoms with Gasteiger partial charge in [-0.3, -0.25) is 4.98 Å². The Morgan fingerprint density at radius 1 is 0.365 bits per heavy atom. The largest absolute Gasteiger partial charge is 0.311 e. The summed E-state index contributed by atoms with van der Waals surface area (Å²) in [5.41, 5.74) is 13.9. The highest BCUT2D eigenvalue weighted by atomic mass is 15.1. The molecule has 0 saturated heterocycles. The number of anilines is 3. The van der Waals surface area contributed by atoms with Crippen LogP contribution in [0.1, 0.15) is 0 Å². The van der Waals surface area contributed by atoms with Gasteiger partial charge < -0.3 is 9.47 Å². The number of benzene rings is 8. The minimum absolute atomic E-state index is 1.09. The van der Waals surface area contributed by atoms with Crippen molar-refractivity contribution >= 4 is 49.6 Å². The Bertz CT molecular complexity index is 2650. The summed E-state index contributed by atoms with van der Waals surface area (Å²) in [4.78, 5) is 6.65. The van der Waals surface area contributed by atoms with Crippen molar-refractivity contribution in [3.05, 3.63) is 200 Å². The Morgan fingerprint density at radius 2 is 0.846 bits per heavy atom. The van der Waals surface area contributed by atoms with Crippen molar-refractivity contribution in [1.82, 2.24) is 9.55 Å². The predicted molar refractivity (Wildman–Crippen MR) is 218 cm³/mol. The molecular weight excluding hydrogens is 631 g/mol. The normalized spacial score (nSPS) is 11.5. The van der Waals surface area contributed by atoms with Gasteiger partial charge in [0.1, 0.15) is 0 Å². The van der Waals surface area contributed by atoms with E-state index in [-0.39, 0.29) is 0 Å². The number of rotatable bonds is 7. The summed E-state index contributed by atoms with van der Waals surface area (Å²) >= 11 is 0. The average Bonchev–Trinajstić information content (AvgIpc) is 3.57. The molecule has 0 aliphatic heterocycles. The topological polar surface area (TPSA) is 21.1 Å². The zero-order chi connectivity index (χ0) is 34.4. The molecule has 52 heavy (non-hydrogen) atoms. The van der Waals surface area contributed by atoms with Crippen LogP contribution >= 0.6 is 0 Å². The first kappa shape index (κ1) is 29.9. The molecule has 0 bridgehead atoms. The number of hydrogen-bond acceptors (Lipinski definition) is 2. The molecule has 0 aliphatic carbocycles. The Morgan fingerprint density at radius 3 is 1.40 bits per heavy atom. The van der Waals surface area contributed by atoms with Crippen molar-refractivity contribution in [3.63, 3.8) is 0 Å². The van der Waals surface area contributed by atoms with Crippen LogP contribution in [0.5, 0.6) is 0 Å². The molecule has 0 N–H and O–H groups in total. The van der Waals surface area contributed by atoms with Gasteiger partial charge in [0.25, 0.3) is 0 Å². The SMILES string of the molecule is c1ccc(-c2ccc(N(c3ccc(-c4cccnc4)cc3)c3ccc(-c4cccc(-n5c6cccc7ccc8cccc5c8c76)c4)cc3)cc2)cc1. The molecule has 10 rings (SSSR count). The van der Waals surface area contributed by atoms with E-state index in [9.17, 15) is 0 Å². The van der Waals surface area contributed by atoms with Gasteiger partial charge in [-0.25, -0.2) is 0 Å². The molecule has 8 aromatic carbocycles. The van der Waals surface area contributed by atoms with Crippen molar-refractivity contribution in [1.29, 1.82) is 0 Å². The van der Waals surface area contributed by atoms with E-state index in [0.29, 0.717) is 0 Å². The first-order valence-corrected chi connectivity index (χ1v) is 17.7. The van der Waals surface area contributed by atoms with Crippen LogP contribution in [-0.2, 0) is 0 Å². The molecule has 2 heterocycles. The quantitative estimate of drug-likeness (QED) is 0.158. The zero-order valence-electron chi connectivity index (χ0n) is 28.4. The van der Waals surface area contributed by atoms with Crippen LogP contribution in [0.2, 0.25) is 0 Å². The van der Waals surface area contributed by atoms with E-state index in [2.05, 4.69) is 196 Å². The van der Waals surface area contributed by atoms with Crippen LogP contribution in [-0.4, -0.2) is 9.55 Å². The van der Waals surface area contributed by atoms with Gasteiger partial charge in [-0.15, -0.1) is 0 Å². The third-order valence-corrected chi connectivity index (χ3v) is 10.2. The maximum absolute atomic E-state index is 4.32. The van der Waals surface area contributed by atoms with E-state index >= 15 is 0 Å². The molecule has 0 saturated carbocycles. The highest BCUT2D eigenvalue weighted by molar-refractivity contribution is 6.24. The lowest BCUT2D eigenvalue weighted by atomic mass is 10.0.